The second-order valence-electron chi connectivity index (χ2n) is 6.49. The average molecular weight is 321 g/mol. The van der Waals surface area contributed by atoms with Gasteiger partial charge in [-0.2, -0.15) is 0 Å². The topological polar surface area (TPSA) is 57.8 Å². The van der Waals surface area contributed by atoms with Crippen molar-refractivity contribution < 1.29 is 0 Å². The third-order valence-electron chi connectivity index (χ3n) is 4.30. The maximum absolute atomic E-state index is 12.3. The van der Waals surface area contributed by atoms with Crippen molar-refractivity contribution in [3.8, 4) is 0 Å². The number of fused-ring (bicyclic) bond motifs is 1. The Hall–Kier alpha value is -2.46. The van der Waals surface area contributed by atoms with Crippen molar-refractivity contribution in [1.29, 1.82) is 0 Å². The lowest BCUT2D eigenvalue weighted by atomic mass is 9.95. The van der Waals surface area contributed by atoms with E-state index in [1.165, 1.54) is 5.56 Å². The second-order valence-corrected chi connectivity index (χ2v) is 6.49. The van der Waals surface area contributed by atoms with E-state index >= 15 is 0 Å². The summed E-state index contributed by atoms with van der Waals surface area (Å²) in [6, 6.07) is 17.9. The molecule has 24 heavy (non-hydrogen) atoms. The minimum absolute atomic E-state index is 0.0603. The number of nitrogens with zero attached hydrogens (tertiary/aromatic N) is 1. The Morgan fingerprint density at radius 3 is 2.33 bits per heavy atom. The fourth-order valence-corrected chi connectivity index (χ4v) is 2.99. The molecule has 2 atom stereocenters. The number of H-pyrrole nitrogens is 1. The van der Waals surface area contributed by atoms with Gasteiger partial charge < -0.3 is 10.3 Å². The van der Waals surface area contributed by atoms with Gasteiger partial charge in [0.1, 0.15) is 5.82 Å². The van der Waals surface area contributed by atoms with Gasteiger partial charge in [-0.3, -0.25) is 4.79 Å². The lowest BCUT2D eigenvalue weighted by molar-refractivity contribution is 0.367. The molecule has 4 nitrogen and oxygen atoms in total. The Labute approximate surface area is 142 Å². The van der Waals surface area contributed by atoms with E-state index in [-0.39, 0.29) is 17.6 Å². The molecule has 0 radical (unpaired) electrons. The zero-order valence-corrected chi connectivity index (χ0v) is 14.3. The van der Waals surface area contributed by atoms with E-state index in [1.807, 2.05) is 43.3 Å². The van der Waals surface area contributed by atoms with Crippen LogP contribution >= 0.6 is 0 Å². The van der Waals surface area contributed by atoms with E-state index < -0.39 is 0 Å². The monoisotopic (exact) mass is 321 g/mol. The normalized spacial score (nSPS) is 14.0. The molecule has 0 aliphatic carbocycles. The maximum atomic E-state index is 12.3. The molecule has 2 aromatic carbocycles. The molecule has 3 aromatic rings. The van der Waals surface area contributed by atoms with E-state index in [1.54, 1.807) is 6.07 Å². The Bertz CT molecular complexity index is 871. The zero-order chi connectivity index (χ0) is 17.1. The average Bonchev–Trinajstić information content (AvgIpc) is 2.60. The number of hydrogen-bond donors (Lipinski definition) is 2. The summed E-state index contributed by atoms with van der Waals surface area (Å²) in [6.07, 6.45) is 0. The van der Waals surface area contributed by atoms with Gasteiger partial charge in [-0.1, -0.05) is 56.3 Å². The SMILES string of the molecule is CC(C)[C@H](N[C@H](C)c1nc2ccccc2c(=O)[nH]1)c1ccccc1. The first-order valence-electron chi connectivity index (χ1n) is 8.36. The molecule has 0 amide bonds. The molecule has 0 bridgehead atoms. The van der Waals surface area contributed by atoms with Crippen molar-refractivity contribution in [2.24, 2.45) is 5.92 Å². The summed E-state index contributed by atoms with van der Waals surface area (Å²) in [6.45, 7) is 6.41. The van der Waals surface area contributed by atoms with Crippen LogP contribution in [0.1, 0.15) is 44.2 Å². The molecule has 2 N–H and O–H groups in total. The number of para-hydroxylation sites is 1. The Balaban J connectivity index is 1.91. The highest BCUT2D eigenvalue weighted by Crippen LogP contribution is 2.24. The van der Waals surface area contributed by atoms with Crippen molar-refractivity contribution in [3.63, 3.8) is 0 Å². The Kier molecular flexibility index (Phi) is 4.76. The number of hydrogen-bond acceptors (Lipinski definition) is 3. The van der Waals surface area contributed by atoms with E-state index in [2.05, 4.69) is 41.3 Å². The molecule has 1 aromatic heterocycles. The molecule has 0 spiro atoms. The summed E-state index contributed by atoms with van der Waals surface area (Å²) in [5.41, 5.74) is 1.87. The van der Waals surface area contributed by atoms with Crippen molar-refractivity contribution >= 4 is 10.9 Å². The largest absolute Gasteiger partial charge is 0.309 e. The highest BCUT2D eigenvalue weighted by molar-refractivity contribution is 5.77. The molecule has 1 heterocycles. The zero-order valence-electron chi connectivity index (χ0n) is 14.3. The number of benzene rings is 2. The van der Waals surface area contributed by atoms with E-state index in [4.69, 9.17) is 0 Å². The van der Waals surface area contributed by atoms with Gasteiger partial charge >= 0.3 is 0 Å². The van der Waals surface area contributed by atoms with Crippen molar-refractivity contribution in [3.05, 3.63) is 76.3 Å². The van der Waals surface area contributed by atoms with Gasteiger partial charge in [0.25, 0.3) is 5.56 Å². The molecule has 0 aliphatic heterocycles. The highest BCUT2D eigenvalue weighted by Gasteiger charge is 2.20. The fourth-order valence-electron chi connectivity index (χ4n) is 2.99. The molecular weight excluding hydrogens is 298 g/mol. The maximum Gasteiger partial charge on any atom is 0.258 e. The minimum atomic E-state index is -0.0925. The standard InChI is InChI=1S/C20H23N3O/c1-13(2)18(15-9-5-4-6-10-15)21-14(3)19-22-17-12-8-7-11-16(17)20(24)23-19/h4-14,18,21H,1-3H3,(H,22,23,24)/t14-,18+/m1/s1. The first-order valence-corrected chi connectivity index (χ1v) is 8.36. The van der Waals surface area contributed by atoms with Gasteiger partial charge in [0.15, 0.2) is 0 Å². The van der Waals surface area contributed by atoms with E-state index in [9.17, 15) is 4.79 Å². The molecule has 4 heteroatoms. The summed E-state index contributed by atoms with van der Waals surface area (Å²) in [7, 11) is 0. The van der Waals surface area contributed by atoms with Crippen molar-refractivity contribution in [1.82, 2.24) is 15.3 Å². The van der Waals surface area contributed by atoms with Crippen LogP contribution in [-0.4, -0.2) is 9.97 Å². The lowest BCUT2D eigenvalue weighted by Gasteiger charge is -2.26. The fraction of sp³-hybridized carbons (Fsp3) is 0.300. The summed E-state index contributed by atoms with van der Waals surface area (Å²) in [4.78, 5) is 19.8. The van der Waals surface area contributed by atoms with Crippen LogP contribution < -0.4 is 10.9 Å². The van der Waals surface area contributed by atoms with Crippen LogP contribution in [0.3, 0.4) is 0 Å². The Morgan fingerprint density at radius 2 is 1.62 bits per heavy atom. The second kappa shape index (κ2) is 6.97. The predicted octanol–water partition coefficient (Wildman–Crippen LogP) is 3.97. The third kappa shape index (κ3) is 3.39. The number of nitrogens with one attached hydrogen (secondary N) is 2. The minimum Gasteiger partial charge on any atom is -0.309 e. The summed E-state index contributed by atoms with van der Waals surface area (Å²) in [5.74, 6) is 1.09. The van der Waals surface area contributed by atoms with Crippen LogP contribution in [0.5, 0.6) is 0 Å². The van der Waals surface area contributed by atoms with E-state index in [0.29, 0.717) is 17.1 Å². The molecule has 0 saturated heterocycles. The van der Waals surface area contributed by atoms with Crippen LogP contribution in [0, 0.1) is 5.92 Å². The molecule has 3 rings (SSSR count). The van der Waals surface area contributed by atoms with Crippen LogP contribution in [-0.2, 0) is 0 Å². The molecular formula is C20H23N3O. The smallest absolute Gasteiger partial charge is 0.258 e. The number of aromatic amines is 1. The first kappa shape index (κ1) is 16.4. The van der Waals surface area contributed by atoms with Gasteiger partial charge in [-0.15, -0.1) is 0 Å². The summed E-state index contributed by atoms with van der Waals surface area (Å²) >= 11 is 0. The predicted molar refractivity (Wildman–Crippen MR) is 97.9 cm³/mol. The van der Waals surface area contributed by atoms with Gasteiger partial charge in [0.2, 0.25) is 0 Å². The van der Waals surface area contributed by atoms with Crippen LogP contribution in [0.2, 0.25) is 0 Å². The van der Waals surface area contributed by atoms with Gasteiger partial charge in [-0.25, -0.2) is 4.98 Å². The highest BCUT2D eigenvalue weighted by atomic mass is 16.1. The van der Waals surface area contributed by atoms with Crippen LogP contribution in [0.25, 0.3) is 10.9 Å². The summed E-state index contributed by atoms with van der Waals surface area (Å²) in [5, 5.41) is 4.23. The van der Waals surface area contributed by atoms with Crippen LogP contribution in [0.15, 0.2) is 59.4 Å². The quantitative estimate of drug-likeness (QED) is 0.747. The van der Waals surface area contributed by atoms with Gasteiger partial charge in [-0.05, 0) is 30.5 Å². The number of aromatic nitrogens is 2. The molecule has 124 valence electrons. The third-order valence-corrected chi connectivity index (χ3v) is 4.30. The van der Waals surface area contributed by atoms with Gasteiger partial charge in [0.05, 0.1) is 16.9 Å². The molecule has 0 aliphatic rings. The molecule has 0 saturated carbocycles. The summed E-state index contributed by atoms with van der Waals surface area (Å²) < 4.78 is 0. The number of rotatable bonds is 5. The van der Waals surface area contributed by atoms with Gasteiger partial charge in [0, 0.05) is 6.04 Å². The lowest BCUT2D eigenvalue weighted by Crippen LogP contribution is -2.30. The van der Waals surface area contributed by atoms with Crippen molar-refractivity contribution in [2.75, 3.05) is 0 Å². The molecule has 0 unspecified atom stereocenters. The molecule has 0 fully saturated rings. The van der Waals surface area contributed by atoms with Crippen LogP contribution in [0.4, 0.5) is 0 Å². The Morgan fingerprint density at radius 1 is 0.958 bits per heavy atom. The van der Waals surface area contributed by atoms with E-state index in [0.717, 1.165) is 5.52 Å². The van der Waals surface area contributed by atoms with Crippen molar-refractivity contribution in [2.45, 2.75) is 32.9 Å². The first-order chi connectivity index (χ1) is 11.6.